The van der Waals surface area contributed by atoms with Crippen LogP contribution in [0.4, 0.5) is 0 Å². The highest BCUT2D eigenvalue weighted by Crippen LogP contribution is 2.31. The summed E-state index contributed by atoms with van der Waals surface area (Å²) in [6, 6.07) is 1.99. The standard InChI is InChI=1S/C19H25N3O2S/c23-17(6-5-14-3-1-2-4-14)22-10-7-15(8-11-22)18-20-21-19(24-18)16-9-12-25-13-16/h9,12-15H,1-8,10-11H2. The van der Waals surface area contributed by atoms with E-state index in [0.29, 0.717) is 11.8 Å². The zero-order valence-corrected chi connectivity index (χ0v) is 15.3. The van der Waals surface area contributed by atoms with E-state index in [1.165, 1.54) is 25.7 Å². The molecule has 0 unspecified atom stereocenters. The number of carbonyl (C=O) groups is 1. The zero-order valence-electron chi connectivity index (χ0n) is 14.5. The highest BCUT2D eigenvalue weighted by Gasteiger charge is 2.28. The molecule has 1 aliphatic carbocycles. The van der Waals surface area contributed by atoms with Crippen LogP contribution in [0.5, 0.6) is 0 Å². The summed E-state index contributed by atoms with van der Waals surface area (Å²) in [4.78, 5) is 14.5. The summed E-state index contributed by atoms with van der Waals surface area (Å²) in [7, 11) is 0. The molecule has 1 amide bonds. The van der Waals surface area contributed by atoms with Gasteiger partial charge in [0.15, 0.2) is 0 Å². The molecule has 1 saturated carbocycles. The minimum atomic E-state index is 0.277. The minimum Gasteiger partial charge on any atom is -0.420 e. The lowest BCUT2D eigenvalue weighted by molar-refractivity contribution is -0.132. The van der Waals surface area contributed by atoms with Crippen molar-refractivity contribution in [1.29, 1.82) is 0 Å². The third-order valence-electron chi connectivity index (χ3n) is 5.65. The van der Waals surface area contributed by atoms with Crippen molar-refractivity contribution in [2.24, 2.45) is 5.92 Å². The number of aromatic nitrogens is 2. The molecule has 0 atom stereocenters. The molecule has 1 aliphatic heterocycles. The monoisotopic (exact) mass is 359 g/mol. The summed E-state index contributed by atoms with van der Waals surface area (Å²) in [5.41, 5.74) is 0.989. The molecule has 5 nitrogen and oxygen atoms in total. The lowest BCUT2D eigenvalue weighted by Crippen LogP contribution is -2.38. The van der Waals surface area contributed by atoms with E-state index in [4.69, 9.17) is 4.42 Å². The van der Waals surface area contributed by atoms with Crippen molar-refractivity contribution in [1.82, 2.24) is 15.1 Å². The van der Waals surface area contributed by atoms with Gasteiger partial charge in [0.2, 0.25) is 17.7 Å². The van der Waals surface area contributed by atoms with E-state index in [0.717, 1.165) is 56.1 Å². The van der Waals surface area contributed by atoms with Crippen LogP contribution in [0, 0.1) is 5.92 Å². The van der Waals surface area contributed by atoms with Gasteiger partial charge in [-0.2, -0.15) is 11.3 Å². The van der Waals surface area contributed by atoms with Gasteiger partial charge >= 0.3 is 0 Å². The fraction of sp³-hybridized carbons (Fsp3) is 0.632. The van der Waals surface area contributed by atoms with Gasteiger partial charge in [-0.3, -0.25) is 4.79 Å². The number of carbonyl (C=O) groups excluding carboxylic acids is 1. The maximum atomic E-state index is 12.4. The first-order valence-electron chi connectivity index (χ1n) is 9.43. The lowest BCUT2D eigenvalue weighted by Gasteiger charge is -2.30. The van der Waals surface area contributed by atoms with Crippen molar-refractivity contribution in [3.8, 4) is 11.5 Å². The highest BCUT2D eigenvalue weighted by molar-refractivity contribution is 7.08. The van der Waals surface area contributed by atoms with Crippen LogP contribution in [0.2, 0.25) is 0 Å². The minimum absolute atomic E-state index is 0.277. The summed E-state index contributed by atoms with van der Waals surface area (Å²) in [6.07, 6.45) is 8.97. The van der Waals surface area contributed by atoms with E-state index in [1.54, 1.807) is 11.3 Å². The number of piperidine rings is 1. The van der Waals surface area contributed by atoms with Gasteiger partial charge in [0, 0.05) is 36.4 Å². The molecule has 0 aromatic carbocycles. The van der Waals surface area contributed by atoms with Crippen molar-refractivity contribution in [3.05, 3.63) is 22.7 Å². The molecule has 0 bridgehead atoms. The molecule has 3 heterocycles. The Balaban J connectivity index is 1.27. The third-order valence-corrected chi connectivity index (χ3v) is 6.33. The van der Waals surface area contributed by atoms with Crippen LogP contribution in [0.25, 0.3) is 11.5 Å². The largest absolute Gasteiger partial charge is 0.420 e. The van der Waals surface area contributed by atoms with Crippen LogP contribution in [-0.2, 0) is 4.79 Å². The third kappa shape index (κ3) is 3.94. The highest BCUT2D eigenvalue weighted by atomic mass is 32.1. The van der Waals surface area contributed by atoms with Crippen LogP contribution in [0.15, 0.2) is 21.2 Å². The molecule has 2 aromatic heterocycles. The second-order valence-corrected chi connectivity index (χ2v) is 8.08. The Morgan fingerprint density at radius 1 is 1.20 bits per heavy atom. The normalized spacial score (nSPS) is 19.6. The van der Waals surface area contributed by atoms with E-state index in [-0.39, 0.29) is 5.92 Å². The summed E-state index contributed by atoms with van der Waals surface area (Å²) in [5, 5.41) is 12.4. The second kappa shape index (κ2) is 7.68. The van der Waals surface area contributed by atoms with Gasteiger partial charge < -0.3 is 9.32 Å². The molecule has 0 spiro atoms. The predicted octanol–water partition coefficient (Wildman–Crippen LogP) is 4.47. The maximum absolute atomic E-state index is 12.4. The predicted molar refractivity (Wildman–Crippen MR) is 97.4 cm³/mol. The Kier molecular flexibility index (Phi) is 5.15. The van der Waals surface area contributed by atoms with Crippen molar-refractivity contribution < 1.29 is 9.21 Å². The number of amides is 1. The fourth-order valence-corrected chi connectivity index (χ4v) is 4.69. The average Bonchev–Trinajstić information content (AvgIpc) is 3.42. The van der Waals surface area contributed by atoms with Crippen LogP contribution >= 0.6 is 11.3 Å². The lowest BCUT2D eigenvalue weighted by atomic mass is 9.96. The zero-order chi connectivity index (χ0) is 17.1. The molecule has 4 rings (SSSR count). The van der Waals surface area contributed by atoms with E-state index < -0.39 is 0 Å². The summed E-state index contributed by atoms with van der Waals surface area (Å²) < 4.78 is 5.86. The van der Waals surface area contributed by atoms with Gasteiger partial charge in [-0.15, -0.1) is 10.2 Å². The summed E-state index contributed by atoms with van der Waals surface area (Å²) in [5.74, 6) is 2.72. The molecule has 1 saturated heterocycles. The van der Waals surface area contributed by atoms with Gasteiger partial charge in [-0.05, 0) is 36.6 Å². The molecule has 134 valence electrons. The van der Waals surface area contributed by atoms with Gasteiger partial charge in [-0.1, -0.05) is 25.7 Å². The van der Waals surface area contributed by atoms with E-state index in [2.05, 4.69) is 10.2 Å². The van der Waals surface area contributed by atoms with Crippen molar-refractivity contribution >= 4 is 17.2 Å². The molecule has 0 radical (unpaired) electrons. The topological polar surface area (TPSA) is 59.2 Å². The van der Waals surface area contributed by atoms with Crippen LogP contribution in [-0.4, -0.2) is 34.1 Å². The SMILES string of the molecule is O=C(CCC1CCCC1)N1CCC(c2nnc(-c3ccsc3)o2)CC1. The number of hydrogen-bond acceptors (Lipinski definition) is 5. The van der Waals surface area contributed by atoms with Crippen LogP contribution in [0.3, 0.4) is 0 Å². The first-order valence-corrected chi connectivity index (χ1v) is 10.4. The molecule has 25 heavy (non-hydrogen) atoms. The molecular weight excluding hydrogens is 334 g/mol. The average molecular weight is 359 g/mol. The van der Waals surface area contributed by atoms with E-state index >= 15 is 0 Å². The van der Waals surface area contributed by atoms with Gasteiger partial charge in [0.25, 0.3) is 0 Å². The molecule has 6 heteroatoms. The summed E-state index contributed by atoms with van der Waals surface area (Å²) >= 11 is 1.62. The Hall–Kier alpha value is -1.69. The molecule has 2 fully saturated rings. The Bertz CT molecular complexity index is 683. The molecular formula is C19H25N3O2S. The van der Waals surface area contributed by atoms with Gasteiger partial charge in [0.1, 0.15) is 0 Å². The maximum Gasteiger partial charge on any atom is 0.248 e. The molecule has 0 N–H and O–H groups in total. The van der Waals surface area contributed by atoms with E-state index in [1.807, 2.05) is 21.7 Å². The van der Waals surface area contributed by atoms with Crippen molar-refractivity contribution in [2.45, 2.75) is 57.3 Å². The van der Waals surface area contributed by atoms with Crippen molar-refractivity contribution in [2.75, 3.05) is 13.1 Å². The number of rotatable bonds is 5. The second-order valence-electron chi connectivity index (χ2n) is 7.30. The first kappa shape index (κ1) is 16.8. The Morgan fingerprint density at radius 2 is 2.00 bits per heavy atom. The molecule has 2 aromatic rings. The Labute approximate surface area is 152 Å². The fourth-order valence-electron chi connectivity index (χ4n) is 4.06. The molecule has 2 aliphatic rings. The summed E-state index contributed by atoms with van der Waals surface area (Å²) in [6.45, 7) is 1.62. The number of thiophene rings is 1. The van der Waals surface area contributed by atoms with Crippen LogP contribution in [0.1, 0.15) is 63.2 Å². The van der Waals surface area contributed by atoms with Gasteiger partial charge in [-0.25, -0.2) is 0 Å². The van der Waals surface area contributed by atoms with Gasteiger partial charge in [0.05, 0.1) is 0 Å². The smallest absolute Gasteiger partial charge is 0.248 e. The quantitative estimate of drug-likeness (QED) is 0.790. The van der Waals surface area contributed by atoms with Crippen molar-refractivity contribution in [3.63, 3.8) is 0 Å². The van der Waals surface area contributed by atoms with Crippen LogP contribution < -0.4 is 0 Å². The number of nitrogens with zero attached hydrogens (tertiary/aromatic N) is 3. The number of hydrogen-bond donors (Lipinski definition) is 0. The number of likely N-dealkylation sites (tertiary alicyclic amines) is 1. The first-order chi connectivity index (χ1) is 12.3. The van der Waals surface area contributed by atoms with E-state index in [9.17, 15) is 4.79 Å². The Morgan fingerprint density at radius 3 is 2.72 bits per heavy atom.